The van der Waals surface area contributed by atoms with Crippen LogP contribution in [0.25, 0.3) is 0 Å². The van der Waals surface area contributed by atoms with Crippen molar-refractivity contribution in [1.29, 1.82) is 0 Å². The van der Waals surface area contributed by atoms with Gasteiger partial charge in [0.15, 0.2) is 0 Å². The number of hydrogen-bond acceptors (Lipinski definition) is 3. The molecule has 0 bridgehead atoms. The van der Waals surface area contributed by atoms with Crippen LogP contribution in [0, 0.1) is 6.92 Å². The van der Waals surface area contributed by atoms with Crippen LogP contribution in [0.3, 0.4) is 0 Å². The minimum Gasteiger partial charge on any atom is -0.492 e. The van der Waals surface area contributed by atoms with E-state index in [4.69, 9.17) is 21.1 Å². The zero-order valence-corrected chi connectivity index (χ0v) is 11.4. The first-order valence-corrected chi connectivity index (χ1v) is 6.12. The Morgan fingerprint density at radius 3 is 2.88 bits per heavy atom. The van der Waals surface area contributed by atoms with Crippen molar-refractivity contribution in [3.63, 3.8) is 0 Å². The lowest BCUT2D eigenvalue weighted by Crippen LogP contribution is -2.33. The number of nitrogens with one attached hydrogen (secondary N) is 1. The maximum Gasteiger partial charge on any atom is 0.123 e. The van der Waals surface area contributed by atoms with E-state index in [2.05, 4.69) is 12.2 Å². The molecule has 96 valence electrons. The highest BCUT2D eigenvalue weighted by Gasteiger charge is 2.02. The van der Waals surface area contributed by atoms with Crippen molar-refractivity contribution in [3.05, 3.63) is 28.8 Å². The van der Waals surface area contributed by atoms with Gasteiger partial charge < -0.3 is 14.8 Å². The summed E-state index contributed by atoms with van der Waals surface area (Å²) in [5, 5.41) is 4.01. The van der Waals surface area contributed by atoms with E-state index in [1.807, 2.05) is 25.1 Å². The minimum absolute atomic E-state index is 0.337. The number of methoxy groups -OCH3 is 1. The summed E-state index contributed by atoms with van der Waals surface area (Å²) in [4.78, 5) is 0. The van der Waals surface area contributed by atoms with E-state index in [1.165, 1.54) is 0 Å². The second-order valence-electron chi connectivity index (χ2n) is 4.07. The Hall–Kier alpha value is -0.770. The van der Waals surface area contributed by atoms with Crippen molar-refractivity contribution >= 4 is 11.6 Å². The standard InChI is InChI=1S/C13H20ClNO2/c1-10-4-5-12(14)8-13(10)17-7-6-15-11(2)9-16-3/h4-5,8,11,15H,6-7,9H2,1-3H3. The Morgan fingerprint density at radius 2 is 2.18 bits per heavy atom. The highest BCUT2D eigenvalue weighted by atomic mass is 35.5. The molecule has 1 N–H and O–H groups in total. The van der Waals surface area contributed by atoms with E-state index >= 15 is 0 Å². The van der Waals surface area contributed by atoms with Gasteiger partial charge in [0.1, 0.15) is 12.4 Å². The lowest BCUT2D eigenvalue weighted by Gasteiger charge is -2.14. The zero-order valence-electron chi connectivity index (χ0n) is 10.6. The van der Waals surface area contributed by atoms with Crippen LogP contribution in [0.15, 0.2) is 18.2 Å². The Morgan fingerprint density at radius 1 is 1.41 bits per heavy atom. The van der Waals surface area contributed by atoms with E-state index < -0.39 is 0 Å². The molecule has 0 saturated carbocycles. The zero-order chi connectivity index (χ0) is 12.7. The van der Waals surface area contributed by atoms with Gasteiger partial charge in [0, 0.05) is 24.7 Å². The number of halogens is 1. The van der Waals surface area contributed by atoms with Gasteiger partial charge in [0.25, 0.3) is 0 Å². The molecule has 1 unspecified atom stereocenters. The first kappa shape index (κ1) is 14.3. The van der Waals surface area contributed by atoms with Gasteiger partial charge in [0.05, 0.1) is 6.61 Å². The number of ether oxygens (including phenoxy) is 2. The number of benzene rings is 1. The molecule has 0 aliphatic heterocycles. The van der Waals surface area contributed by atoms with Crippen LogP contribution in [0.2, 0.25) is 5.02 Å². The number of rotatable bonds is 7. The van der Waals surface area contributed by atoms with Crippen molar-refractivity contribution in [1.82, 2.24) is 5.32 Å². The second-order valence-corrected chi connectivity index (χ2v) is 4.51. The first-order valence-electron chi connectivity index (χ1n) is 5.74. The molecule has 0 aliphatic rings. The molecule has 3 nitrogen and oxygen atoms in total. The molecular formula is C13H20ClNO2. The smallest absolute Gasteiger partial charge is 0.123 e. The predicted octanol–water partition coefficient (Wildman–Crippen LogP) is 2.65. The van der Waals surface area contributed by atoms with Gasteiger partial charge in [-0.05, 0) is 31.5 Å². The SMILES string of the molecule is COCC(C)NCCOc1cc(Cl)ccc1C. The molecule has 0 radical (unpaired) electrons. The highest BCUT2D eigenvalue weighted by Crippen LogP contribution is 2.22. The third-order valence-electron chi connectivity index (χ3n) is 2.42. The average Bonchev–Trinajstić information content (AvgIpc) is 2.29. The van der Waals surface area contributed by atoms with Crippen LogP contribution in [0.4, 0.5) is 0 Å². The van der Waals surface area contributed by atoms with Crippen molar-refractivity contribution < 1.29 is 9.47 Å². The van der Waals surface area contributed by atoms with E-state index in [0.29, 0.717) is 24.3 Å². The average molecular weight is 258 g/mol. The lowest BCUT2D eigenvalue weighted by atomic mass is 10.2. The van der Waals surface area contributed by atoms with Crippen molar-refractivity contribution in [2.45, 2.75) is 19.9 Å². The summed E-state index contributed by atoms with van der Waals surface area (Å²) in [6.07, 6.45) is 0. The van der Waals surface area contributed by atoms with Gasteiger partial charge in [-0.1, -0.05) is 17.7 Å². The fourth-order valence-corrected chi connectivity index (χ4v) is 1.67. The molecule has 0 saturated heterocycles. The van der Waals surface area contributed by atoms with E-state index in [-0.39, 0.29) is 0 Å². The van der Waals surface area contributed by atoms with Gasteiger partial charge in [-0.3, -0.25) is 0 Å². The molecule has 1 aromatic carbocycles. The van der Waals surface area contributed by atoms with Gasteiger partial charge in [-0.15, -0.1) is 0 Å². The third-order valence-corrected chi connectivity index (χ3v) is 2.65. The summed E-state index contributed by atoms with van der Waals surface area (Å²) in [6.45, 7) is 6.20. The quantitative estimate of drug-likeness (QED) is 0.762. The van der Waals surface area contributed by atoms with Crippen LogP contribution in [-0.4, -0.2) is 32.9 Å². The normalized spacial score (nSPS) is 12.5. The molecule has 0 spiro atoms. The van der Waals surface area contributed by atoms with Crippen LogP contribution < -0.4 is 10.1 Å². The Balaban J connectivity index is 2.28. The fraction of sp³-hybridized carbons (Fsp3) is 0.538. The monoisotopic (exact) mass is 257 g/mol. The summed E-state index contributed by atoms with van der Waals surface area (Å²) >= 11 is 5.91. The molecule has 17 heavy (non-hydrogen) atoms. The van der Waals surface area contributed by atoms with E-state index in [9.17, 15) is 0 Å². The van der Waals surface area contributed by atoms with Crippen LogP contribution in [0.1, 0.15) is 12.5 Å². The maximum atomic E-state index is 5.91. The summed E-state index contributed by atoms with van der Waals surface area (Å²) in [7, 11) is 1.70. The topological polar surface area (TPSA) is 30.5 Å². The summed E-state index contributed by atoms with van der Waals surface area (Å²) in [5.41, 5.74) is 1.10. The van der Waals surface area contributed by atoms with Crippen LogP contribution in [0.5, 0.6) is 5.75 Å². The molecule has 0 aromatic heterocycles. The van der Waals surface area contributed by atoms with Crippen molar-refractivity contribution in [2.24, 2.45) is 0 Å². The lowest BCUT2D eigenvalue weighted by molar-refractivity contribution is 0.169. The van der Waals surface area contributed by atoms with Gasteiger partial charge >= 0.3 is 0 Å². The molecule has 1 aromatic rings. The predicted molar refractivity (Wildman–Crippen MR) is 71.0 cm³/mol. The molecule has 1 rings (SSSR count). The molecular weight excluding hydrogens is 238 g/mol. The summed E-state index contributed by atoms with van der Waals surface area (Å²) in [6, 6.07) is 6.00. The highest BCUT2D eigenvalue weighted by molar-refractivity contribution is 6.30. The second kappa shape index (κ2) is 7.54. The Bertz CT molecular complexity index is 344. The van der Waals surface area contributed by atoms with Gasteiger partial charge in [-0.25, -0.2) is 0 Å². The van der Waals surface area contributed by atoms with E-state index in [0.717, 1.165) is 17.9 Å². The van der Waals surface area contributed by atoms with Gasteiger partial charge in [0.2, 0.25) is 0 Å². The van der Waals surface area contributed by atoms with Crippen molar-refractivity contribution in [3.8, 4) is 5.75 Å². The van der Waals surface area contributed by atoms with Crippen LogP contribution >= 0.6 is 11.6 Å². The minimum atomic E-state index is 0.337. The fourth-order valence-electron chi connectivity index (χ4n) is 1.50. The Kier molecular flexibility index (Phi) is 6.34. The molecule has 0 amide bonds. The summed E-state index contributed by atoms with van der Waals surface area (Å²) < 4.78 is 10.7. The molecule has 0 aliphatic carbocycles. The first-order chi connectivity index (χ1) is 8.13. The molecule has 0 heterocycles. The number of hydrogen-bond donors (Lipinski definition) is 1. The molecule has 1 atom stereocenters. The summed E-state index contributed by atoms with van der Waals surface area (Å²) in [5.74, 6) is 0.846. The molecule has 4 heteroatoms. The maximum absolute atomic E-state index is 5.91. The number of aryl methyl sites for hydroxylation is 1. The van der Waals surface area contributed by atoms with Gasteiger partial charge in [-0.2, -0.15) is 0 Å². The molecule has 0 fully saturated rings. The Labute approximate surface area is 108 Å². The third kappa shape index (κ3) is 5.39. The van der Waals surface area contributed by atoms with Crippen LogP contribution in [-0.2, 0) is 4.74 Å². The van der Waals surface area contributed by atoms with Crippen molar-refractivity contribution in [2.75, 3.05) is 26.9 Å². The largest absolute Gasteiger partial charge is 0.492 e. The van der Waals surface area contributed by atoms with E-state index in [1.54, 1.807) is 7.11 Å².